The highest BCUT2D eigenvalue weighted by Crippen LogP contribution is 2.39. The molecule has 0 aliphatic heterocycles. The molecule has 2 aliphatic rings. The van der Waals surface area contributed by atoms with Crippen molar-refractivity contribution in [3.63, 3.8) is 0 Å². The maximum absolute atomic E-state index is 9.33. The molecule has 6 heteroatoms. The van der Waals surface area contributed by atoms with Gasteiger partial charge in [-0.1, -0.05) is 0 Å². The van der Waals surface area contributed by atoms with Gasteiger partial charge in [-0.15, -0.1) is 10.2 Å². The average molecular weight is 273 g/mol. The van der Waals surface area contributed by atoms with Crippen LogP contribution in [0.1, 0.15) is 43.8 Å². The highest BCUT2D eigenvalue weighted by atomic mass is 16.3. The van der Waals surface area contributed by atoms with Crippen LogP contribution in [0.15, 0.2) is 12.4 Å². The quantitative estimate of drug-likeness (QED) is 0.890. The van der Waals surface area contributed by atoms with Crippen LogP contribution >= 0.6 is 0 Å². The van der Waals surface area contributed by atoms with Crippen molar-refractivity contribution in [1.82, 2.24) is 19.6 Å². The minimum absolute atomic E-state index is 0.142. The van der Waals surface area contributed by atoms with Crippen molar-refractivity contribution in [1.29, 1.82) is 0 Å². The van der Waals surface area contributed by atoms with Crippen molar-refractivity contribution in [2.75, 3.05) is 18.1 Å². The molecule has 0 bridgehead atoms. The van der Waals surface area contributed by atoms with E-state index in [4.69, 9.17) is 0 Å². The number of nitrogens with zero attached hydrogens (tertiary/aromatic N) is 5. The average Bonchev–Trinajstić information content (AvgIpc) is 3.15. The van der Waals surface area contributed by atoms with Crippen LogP contribution in [0.25, 0.3) is 5.65 Å². The predicted molar refractivity (Wildman–Crippen MR) is 74.8 cm³/mol. The number of anilines is 1. The van der Waals surface area contributed by atoms with E-state index in [-0.39, 0.29) is 6.61 Å². The molecule has 2 aromatic rings. The monoisotopic (exact) mass is 273 g/mol. The molecule has 0 radical (unpaired) electrons. The third-order valence-electron chi connectivity index (χ3n) is 4.41. The molecule has 2 aliphatic carbocycles. The highest BCUT2D eigenvalue weighted by Gasteiger charge is 2.31. The van der Waals surface area contributed by atoms with Crippen LogP contribution in [0.4, 0.5) is 5.82 Å². The Bertz CT molecular complexity index is 617. The molecule has 0 unspecified atom stereocenters. The van der Waals surface area contributed by atoms with Gasteiger partial charge in [-0.3, -0.25) is 4.40 Å². The fraction of sp³-hybridized carbons (Fsp3) is 0.643. The van der Waals surface area contributed by atoms with E-state index in [0.29, 0.717) is 18.5 Å². The maximum atomic E-state index is 9.33. The van der Waals surface area contributed by atoms with Gasteiger partial charge in [-0.05, 0) is 32.1 Å². The first-order valence-electron chi connectivity index (χ1n) is 7.45. The lowest BCUT2D eigenvalue weighted by Crippen LogP contribution is -2.42. The van der Waals surface area contributed by atoms with Crippen LogP contribution in [0.2, 0.25) is 0 Å². The summed E-state index contributed by atoms with van der Waals surface area (Å²) in [5.74, 6) is 2.49. The molecule has 4 rings (SSSR count). The van der Waals surface area contributed by atoms with Gasteiger partial charge in [0.05, 0.1) is 6.61 Å². The van der Waals surface area contributed by atoms with E-state index in [0.717, 1.165) is 17.3 Å². The third kappa shape index (κ3) is 1.86. The number of fused-ring (bicyclic) bond motifs is 1. The summed E-state index contributed by atoms with van der Waals surface area (Å²) in [6.45, 7) is 0.756. The summed E-state index contributed by atoms with van der Waals surface area (Å²) in [4.78, 5) is 6.71. The molecule has 2 saturated carbocycles. The van der Waals surface area contributed by atoms with Gasteiger partial charge in [-0.25, -0.2) is 4.98 Å². The third-order valence-corrected chi connectivity index (χ3v) is 4.41. The van der Waals surface area contributed by atoms with E-state index >= 15 is 0 Å². The second-order valence-corrected chi connectivity index (χ2v) is 5.78. The standard InChI is InChI=1S/C14H19N5O/c20-9-8-18(11-2-1-3-11)13-14-17-16-12(10-4-5-10)19(14)7-6-15-13/h6-7,10-11,20H,1-5,8-9H2. The number of rotatable bonds is 5. The van der Waals surface area contributed by atoms with Crippen molar-refractivity contribution < 1.29 is 5.11 Å². The second kappa shape index (κ2) is 4.70. The van der Waals surface area contributed by atoms with Crippen molar-refractivity contribution in [2.45, 2.75) is 44.1 Å². The van der Waals surface area contributed by atoms with E-state index in [2.05, 4.69) is 24.5 Å². The van der Waals surface area contributed by atoms with Gasteiger partial charge in [0.25, 0.3) is 0 Å². The van der Waals surface area contributed by atoms with Crippen LogP contribution < -0.4 is 4.90 Å². The molecule has 20 heavy (non-hydrogen) atoms. The smallest absolute Gasteiger partial charge is 0.203 e. The van der Waals surface area contributed by atoms with E-state index in [9.17, 15) is 5.11 Å². The zero-order valence-corrected chi connectivity index (χ0v) is 11.4. The fourth-order valence-electron chi connectivity index (χ4n) is 2.92. The van der Waals surface area contributed by atoms with Gasteiger partial charge in [0.2, 0.25) is 5.65 Å². The van der Waals surface area contributed by atoms with E-state index in [1.54, 1.807) is 0 Å². The first-order valence-corrected chi connectivity index (χ1v) is 7.45. The molecule has 0 aromatic carbocycles. The molecule has 6 nitrogen and oxygen atoms in total. The molecule has 2 aromatic heterocycles. The number of aromatic nitrogens is 4. The minimum atomic E-state index is 0.142. The molecule has 0 spiro atoms. The summed E-state index contributed by atoms with van der Waals surface area (Å²) in [6.07, 6.45) is 9.79. The Morgan fingerprint density at radius 2 is 2.10 bits per heavy atom. The normalized spacial score (nSPS) is 19.2. The van der Waals surface area contributed by atoms with Crippen molar-refractivity contribution in [3.8, 4) is 0 Å². The number of aliphatic hydroxyl groups is 1. The lowest BCUT2D eigenvalue weighted by molar-refractivity contribution is 0.283. The molecule has 2 heterocycles. The summed E-state index contributed by atoms with van der Waals surface area (Å²) >= 11 is 0. The van der Waals surface area contributed by atoms with E-state index < -0.39 is 0 Å². The SMILES string of the molecule is OCCN(c1nccn2c(C3CC3)nnc12)C1CCC1. The first kappa shape index (κ1) is 12.1. The Hall–Kier alpha value is -1.69. The molecule has 0 atom stereocenters. The molecule has 2 fully saturated rings. The zero-order valence-electron chi connectivity index (χ0n) is 11.4. The topological polar surface area (TPSA) is 66.5 Å². The summed E-state index contributed by atoms with van der Waals surface area (Å²) in [5, 5.41) is 18.0. The van der Waals surface area contributed by atoms with E-state index in [1.165, 1.54) is 32.1 Å². The fourth-order valence-corrected chi connectivity index (χ4v) is 2.92. The Kier molecular flexibility index (Phi) is 2.84. The number of aliphatic hydroxyl groups excluding tert-OH is 1. The van der Waals surface area contributed by atoms with Crippen molar-refractivity contribution in [2.24, 2.45) is 0 Å². The van der Waals surface area contributed by atoms with Gasteiger partial charge >= 0.3 is 0 Å². The van der Waals surface area contributed by atoms with Crippen LogP contribution in [0.3, 0.4) is 0 Å². The summed E-state index contributed by atoms with van der Waals surface area (Å²) in [5.41, 5.74) is 0.828. The number of hydrogen-bond donors (Lipinski definition) is 1. The second-order valence-electron chi connectivity index (χ2n) is 5.78. The van der Waals surface area contributed by atoms with Gasteiger partial charge in [0.1, 0.15) is 5.82 Å². The largest absolute Gasteiger partial charge is 0.395 e. The van der Waals surface area contributed by atoms with Crippen molar-refractivity contribution >= 4 is 11.5 Å². The Morgan fingerprint density at radius 1 is 1.25 bits per heavy atom. The van der Waals surface area contributed by atoms with Gasteiger partial charge in [0, 0.05) is 30.9 Å². The maximum Gasteiger partial charge on any atom is 0.203 e. The van der Waals surface area contributed by atoms with Gasteiger partial charge in [0.15, 0.2) is 5.82 Å². The Labute approximate surface area is 117 Å². The summed E-state index contributed by atoms with van der Waals surface area (Å²) in [6, 6.07) is 0.488. The molecular formula is C14H19N5O. The molecule has 1 N–H and O–H groups in total. The predicted octanol–water partition coefficient (Wildman–Crippen LogP) is 1.35. The van der Waals surface area contributed by atoms with Crippen LogP contribution in [0, 0.1) is 0 Å². The van der Waals surface area contributed by atoms with E-state index in [1.807, 2.05) is 12.4 Å². The minimum Gasteiger partial charge on any atom is -0.395 e. The molecular weight excluding hydrogens is 254 g/mol. The highest BCUT2D eigenvalue weighted by molar-refractivity contribution is 5.64. The molecule has 0 saturated heterocycles. The van der Waals surface area contributed by atoms with Gasteiger partial charge < -0.3 is 10.0 Å². The van der Waals surface area contributed by atoms with Crippen molar-refractivity contribution in [3.05, 3.63) is 18.2 Å². The zero-order chi connectivity index (χ0) is 13.5. The summed E-state index contributed by atoms with van der Waals surface area (Å²) in [7, 11) is 0. The molecule has 106 valence electrons. The lowest BCUT2D eigenvalue weighted by Gasteiger charge is -2.37. The van der Waals surface area contributed by atoms with Crippen LogP contribution in [-0.2, 0) is 0 Å². The van der Waals surface area contributed by atoms with Gasteiger partial charge in [-0.2, -0.15) is 0 Å². The Morgan fingerprint density at radius 3 is 2.75 bits per heavy atom. The van der Waals surface area contributed by atoms with Crippen LogP contribution in [-0.4, -0.2) is 43.9 Å². The lowest BCUT2D eigenvalue weighted by atomic mass is 9.91. The summed E-state index contributed by atoms with van der Waals surface area (Å²) < 4.78 is 2.07. The first-order chi connectivity index (χ1) is 9.88. The number of hydrogen-bond acceptors (Lipinski definition) is 5. The Balaban J connectivity index is 1.77. The molecule has 0 amide bonds. The van der Waals surface area contributed by atoms with Crippen LogP contribution in [0.5, 0.6) is 0 Å².